The van der Waals surface area contributed by atoms with E-state index in [0.29, 0.717) is 0 Å². The van der Waals surface area contributed by atoms with Crippen LogP contribution in [0.3, 0.4) is 0 Å². The Morgan fingerprint density at radius 1 is 0.688 bits per heavy atom. The van der Waals surface area contributed by atoms with E-state index in [9.17, 15) is 13.7 Å². The summed E-state index contributed by atoms with van der Waals surface area (Å²) in [6.07, 6.45) is 0. The van der Waals surface area contributed by atoms with Crippen LogP contribution in [0, 0.1) is 0 Å². The number of phosphoric acid groups is 3. The van der Waals surface area contributed by atoms with Crippen LogP contribution in [0.25, 0.3) is 0 Å². The molecule has 0 aliphatic rings. The van der Waals surface area contributed by atoms with Gasteiger partial charge in [0.25, 0.3) is 0 Å². The molecule has 92 valence electrons. The van der Waals surface area contributed by atoms with E-state index in [4.69, 9.17) is 24.5 Å². The van der Waals surface area contributed by atoms with Crippen molar-refractivity contribution in [2.45, 2.75) is 0 Å². The molecule has 0 fully saturated rings. The van der Waals surface area contributed by atoms with Gasteiger partial charge in [0, 0.05) is 17.1 Å². The molecule has 0 aromatic carbocycles. The molecule has 0 aromatic rings. The Kier molecular flexibility index (Phi) is 16.7. The molecule has 0 saturated heterocycles. The number of rotatable bonds is 4. The van der Waals surface area contributed by atoms with Crippen molar-refractivity contribution in [2.24, 2.45) is 0 Å². The molecular formula is H7FeNa2O10P3. The molecule has 0 aliphatic heterocycles. The Hall–Kier alpha value is 2.93. The summed E-state index contributed by atoms with van der Waals surface area (Å²) < 4.78 is 36.4. The Morgan fingerprint density at radius 2 is 0.875 bits per heavy atom. The molecule has 0 amide bonds. The predicted octanol–water partition coefficient (Wildman–Crippen LogP) is -1.99. The summed E-state index contributed by atoms with van der Waals surface area (Å²) in [5, 5.41) is 0. The first kappa shape index (κ1) is 27.3. The third-order valence-corrected chi connectivity index (χ3v) is 3.77. The maximum absolute atomic E-state index is 10.4. The van der Waals surface area contributed by atoms with Crippen molar-refractivity contribution >= 4 is 82.6 Å². The average molecular weight is 362 g/mol. The minimum absolute atomic E-state index is 0. The molecule has 0 unspecified atom stereocenters. The first-order chi connectivity index (χ1) is 5.41. The van der Waals surface area contributed by atoms with Crippen LogP contribution < -0.4 is 0 Å². The Labute approximate surface area is 145 Å². The Morgan fingerprint density at radius 3 is 1.00 bits per heavy atom. The summed E-state index contributed by atoms with van der Waals surface area (Å²) in [6.45, 7) is 0. The molecule has 0 heterocycles. The normalized spacial score (nSPS) is 11.8. The molecule has 0 saturated carbocycles. The van der Waals surface area contributed by atoms with E-state index in [1.165, 1.54) is 0 Å². The van der Waals surface area contributed by atoms with Gasteiger partial charge in [-0.15, -0.1) is 0 Å². The van der Waals surface area contributed by atoms with Gasteiger partial charge in [0.05, 0.1) is 0 Å². The van der Waals surface area contributed by atoms with Gasteiger partial charge >= 0.3 is 82.6 Å². The first-order valence-electron chi connectivity index (χ1n) is 2.28. The van der Waals surface area contributed by atoms with Crippen LogP contribution in [0.5, 0.6) is 0 Å². The molecule has 5 N–H and O–H groups in total. The van der Waals surface area contributed by atoms with Gasteiger partial charge in [-0.1, -0.05) is 0 Å². The van der Waals surface area contributed by atoms with Crippen LogP contribution in [0.1, 0.15) is 0 Å². The van der Waals surface area contributed by atoms with Crippen molar-refractivity contribution < 1.29 is 63.9 Å². The van der Waals surface area contributed by atoms with Crippen molar-refractivity contribution in [3.05, 3.63) is 0 Å². The van der Waals surface area contributed by atoms with E-state index in [2.05, 4.69) is 8.62 Å². The fraction of sp³-hybridized carbons (Fsp3) is 0. The predicted molar refractivity (Wildman–Crippen MR) is 50.4 cm³/mol. The van der Waals surface area contributed by atoms with Crippen LogP contribution in [0.4, 0.5) is 0 Å². The third kappa shape index (κ3) is 19.3. The number of hydrogen-bond acceptors (Lipinski definition) is 5. The van der Waals surface area contributed by atoms with Gasteiger partial charge in [-0.2, -0.15) is 8.62 Å². The molecule has 16 heteroatoms. The van der Waals surface area contributed by atoms with Crippen molar-refractivity contribution in [1.82, 2.24) is 0 Å². The SMILES string of the molecule is O=P(O)(O)OP(=O)(O)OP(=O)(O)O.[Fe].[NaH].[NaH]. The molecular weight excluding hydrogens is 355 g/mol. The van der Waals surface area contributed by atoms with Gasteiger partial charge in [0.1, 0.15) is 0 Å². The minimum atomic E-state index is -5.46. The summed E-state index contributed by atoms with van der Waals surface area (Å²) >= 11 is 0. The van der Waals surface area contributed by atoms with E-state index < -0.39 is 23.5 Å². The summed E-state index contributed by atoms with van der Waals surface area (Å²) in [5.41, 5.74) is 0. The van der Waals surface area contributed by atoms with E-state index in [0.717, 1.165) is 0 Å². The summed E-state index contributed by atoms with van der Waals surface area (Å²) in [6, 6.07) is 0. The summed E-state index contributed by atoms with van der Waals surface area (Å²) in [7, 11) is -16.2. The van der Waals surface area contributed by atoms with E-state index >= 15 is 0 Å². The third-order valence-electron chi connectivity index (χ3n) is 0.419. The van der Waals surface area contributed by atoms with Crippen LogP contribution in [0.2, 0.25) is 0 Å². The second-order valence-corrected chi connectivity index (χ2v) is 5.82. The van der Waals surface area contributed by atoms with E-state index in [-0.39, 0.29) is 76.2 Å². The Bertz CT molecular complexity index is 286. The van der Waals surface area contributed by atoms with Gasteiger partial charge in [0.15, 0.2) is 0 Å². The molecule has 10 nitrogen and oxygen atoms in total. The number of hydrogen-bond donors (Lipinski definition) is 5. The molecule has 16 heavy (non-hydrogen) atoms. The van der Waals surface area contributed by atoms with Crippen LogP contribution >= 0.6 is 23.5 Å². The molecule has 0 rings (SSSR count). The fourth-order valence-electron chi connectivity index (χ4n) is 0.284. The van der Waals surface area contributed by atoms with Crippen molar-refractivity contribution in [2.75, 3.05) is 0 Å². The Balaban J connectivity index is -0.000000240. The van der Waals surface area contributed by atoms with Crippen molar-refractivity contribution in [3.8, 4) is 0 Å². The zero-order valence-electron chi connectivity index (χ0n) is 5.97. The van der Waals surface area contributed by atoms with Gasteiger partial charge in [-0.3, -0.25) is 0 Å². The standard InChI is InChI=1S/Fe.2Na.H5O10P3.2H/c;;;1-11(2,3)9-13(7,8)10-12(4,5)6;;/h;;;(H,7,8)(H2,1,2,3)(H2,4,5,6);;. The zero-order chi connectivity index (χ0) is 10.9. The van der Waals surface area contributed by atoms with Gasteiger partial charge < -0.3 is 24.5 Å². The van der Waals surface area contributed by atoms with Crippen LogP contribution in [-0.4, -0.2) is 83.6 Å². The maximum atomic E-state index is 10.4. The molecule has 0 bridgehead atoms. The van der Waals surface area contributed by atoms with Gasteiger partial charge in [0.2, 0.25) is 0 Å². The van der Waals surface area contributed by atoms with Crippen molar-refractivity contribution in [3.63, 3.8) is 0 Å². The molecule has 0 aromatic heterocycles. The molecule has 0 spiro atoms. The molecule has 0 aliphatic carbocycles. The monoisotopic (exact) mass is 362 g/mol. The second-order valence-electron chi connectivity index (χ2n) is 1.61. The summed E-state index contributed by atoms with van der Waals surface area (Å²) in [5.74, 6) is 0. The van der Waals surface area contributed by atoms with Crippen molar-refractivity contribution in [1.29, 1.82) is 0 Å². The molecule has 0 atom stereocenters. The van der Waals surface area contributed by atoms with E-state index in [1.807, 2.05) is 0 Å². The van der Waals surface area contributed by atoms with Crippen LogP contribution in [0.15, 0.2) is 0 Å². The first-order valence-corrected chi connectivity index (χ1v) is 6.83. The fourth-order valence-corrected chi connectivity index (χ4v) is 2.82. The van der Waals surface area contributed by atoms with Gasteiger partial charge in [-0.25, -0.2) is 13.7 Å². The summed E-state index contributed by atoms with van der Waals surface area (Å²) in [4.78, 5) is 40.2. The van der Waals surface area contributed by atoms with Crippen LogP contribution in [-0.2, 0) is 39.4 Å². The van der Waals surface area contributed by atoms with Gasteiger partial charge in [-0.05, 0) is 0 Å². The average Bonchev–Trinajstić information content (AvgIpc) is 1.43. The molecule has 0 radical (unpaired) electrons. The van der Waals surface area contributed by atoms with E-state index in [1.54, 1.807) is 0 Å². The quantitative estimate of drug-likeness (QED) is 0.278. The second kappa shape index (κ2) is 9.77. The zero-order valence-corrected chi connectivity index (χ0v) is 9.76. The topological polar surface area (TPSA) is 171 Å².